The van der Waals surface area contributed by atoms with E-state index >= 15 is 0 Å². The number of carbonyl (C=O) groups excluding carboxylic acids is 1. The zero-order valence-corrected chi connectivity index (χ0v) is 28.0. The molecule has 5 aromatic rings. The summed E-state index contributed by atoms with van der Waals surface area (Å²) >= 11 is 0. The summed E-state index contributed by atoms with van der Waals surface area (Å²) in [7, 11) is 0. The maximum Gasteiger partial charge on any atom is 0.254 e. The second-order valence-electron chi connectivity index (χ2n) is 13.2. The van der Waals surface area contributed by atoms with Crippen molar-refractivity contribution >= 4 is 22.9 Å². The Morgan fingerprint density at radius 3 is 2.60 bits per heavy atom. The average Bonchev–Trinajstić information content (AvgIpc) is 3.89. The molecule has 4 heterocycles. The number of benzene rings is 3. The van der Waals surface area contributed by atoms with Gasteiger partial charge in [0.2, 0.25) is 5.95 Å². The average molecular weight is 648 g/mol. The number of ether oxygens (including phenoxy) is 1. The molecule has 11 nitrogen and oxygen atoms in total. The first-order valence-electron chi connectivity index (χ1n) is 17.2. The van der Waals surface area contributed by atoms with Crippen LogP contribution >= 0.6 is 0 Å². The van der Waals surface area contributed by atoms with Crippen LogP contribution in [0.2, 0.25) is 0 Å². The maximum absolute atomic E-state index is 14.0. The predicted octanol–water partition coefficient (Wildman–Crippen LogP) is 5.11. The Morgan fingerprint density at radius 1 is 1.00 bits per heavy atom. The second-order valence-corrected chi connectivity index (χ2v) is 13.2. The fraction of sp³-hybridized carbons (Fsp3) is 0.432. The van der Waals surface area contributed by atoms with Gasteiger partial charge in [0.1, 0.15) is 6.33 Å². The lowest BCUT2D eigenvalue weighted by molar-refractivity contribution is 0.0779. The largest absolute Gasteiger partial charge is 0.380 e. The van der Waals surface area contributed by atoms with Gasteiger partial charge in [-0.2, -0.15) is 0 Å². The van der Waals surface area contributed by atoms with E-state index in [1.165, 1.54) is 5.56 Å². The van der Waals surface area contributed by atoms with Gasteiger partial charge in [-0.1, -0.05) is 48.5 Å². The fourth-order valence-electron chi connectivity index (χ4n) is 7.42. The molecule has 1 atom stereocenters. The van der Waals surface area contributed by atoms with Crippen LogP contribution in [0.1, 0.15) is 54.1 Å². The Bertz CT molecular complexity index is 1820. The number of amides is 1. The number of nitrogens with zero attached hydrogens (tertiary/aromatic N) is 8. The third-order valence-electron chi connectivity index (χ3n) is 10.2. The van der Waals surface area contributed by atoms with E-state index in [1.807, 2.05) is 43.0 Å². The summed E-state index contributed by atoms with van der Waals surface area (Å²) in [6.07, 6.45) is 5.64. The molecule has 3 aromatic carbocycles. The number of imidazole rings is 1. The van der Waals surface area contributed by atoms with Gasteiger partial charge >= 0.3 is 0 Å². The summed E-state index contributed by atoms with van der Waals surface area (Å²) in [5.74, 6) is 1.01. The molecule has 11 heteroatoms. The molecule has 0 spiro atoms. The van der Waals surface area contributed by atoms with Crippen molar-refractivity contribution in [3.63, 3.8) is 0 Å². The van der Waals surface area contributed by atoms with Crippen molar-refractivity contribution in [2.45, 2.75) is 57.5 Å². The van der Waals surface area contributed by atoms with Crippen molar-refractivity contribution < 1.29 is 9.53 Å². The van der Waals surface area contributed by atoms with Gasteiger partial charge < -0.3 is 24.4 Å². The number of anilines is 1. The molecule has 0 bridgehead atoms. The number of fused-ring (bicyclic) bond motifs is 1. The molecule has 250 valence electrons. The van der Waals surface area contributed by atoms with Crippen molar-refractivity contribution in [2.75, 3.05) is 51.3 Å². The highest BCUT2D eigenvalue weighted by atomic mass is 16.5. The Balaban J connectivity index is 1.00. The van der Waals surface area contributed by atoms with E-state index in [1.54, 1.807) is 11.0 Å². The van der Waals surface area contributed by atoms with Crippen LogP contribution in [0.5, 0.6) is 0 Å². The number of rotatable bonds is 12. The number of nitrogens with one attached hydrogen (secondary N) is 1. The SMILES string of the molecule is CCOCCn1c(NC2CCN(CCC3(c4ccccc4)CCN(C(=O)c4cc(-n5cnnn5)ccc4C)C3)CC2)nc2ccccc21. The Kier molecular flexibility index (Phi) is 9.49. The standard InChI is InChI=1S/C37H45N9O2/c1-3-48-24-23-45-34-12-8-7-11-33(34)40-36(45)39-30-15-19-43(20-16-30)21-17-37(29-9-5-4-6-10-29)18-22-44(26-37)35(47)32-25-31(14-13-28(32)2)46-27-38-41-42-46/h4-14,25,27,30H,3,15-24,26H2,1-2H3,(H,39,40). The zero-order valence-electron chi connectivity index (χ0n) is 28.0. The van der Waals surface area contributed by atoms with E-state index in [4.69, 9.17) is 9.72 Å². The molecule has 0 aliphatic carbocycles. The van der Waals surface area contributed by atoms with Crippen LogP contribution in [-0.2, 0) is 16.7 Å². The Morgan fingerprint density at radius 2 is 1.81 bits per heavy atom. The van der Waals surface area contributed by atoms with Crippen LogP contribution in [0, 0.1) is 6.92 Å². The van der Waals surface area contributed by atoms with Crippen molar-refractivity contribution in [3.05, 3.63) is 95.8 Å². The van der Waals surface area contributed by atoms with Gasteiger partial charge in [-0.3, -0.25) is 4.79 Å². The Labute approximate surface area is 281 Å². The summed E-state index contributed by atoms with van der Waals surface area (Å²) in [6.45, 7) is 10.7. The van der Waals surface area contributed by atoms with Crippen molar-refractivity contribution in [1.82, 2.24) is 39.6 Å². The number of para-hydroxylation sites is 2. The van der Waals surface area contributed by atoms with Gasteiger partial charge in [-0.25, -0.2) is 9.67 Å². The normalized spacial score (nSPS) is 18.9. The molecule has 2 aliphatic rings. The molecule has 0 saturated carbocycles. The number of aromatic nitrogens is 6. The number of piperidine rings is 1. The maximum atomic E-state index is 14.0. The van der Waals surface area contributed by atoms with E-state index < -0.39 is 0 Å². The molecule has 2 aliphatic heterocycles. The highest BCUT2D eigenvalue weighted by Crippen LogP contribution is 2.39. The van der Waals surface area contributed by atoms with Gasteiger partial charge in [-0.05, 0) is 91.9 Å². The van der Waals surface area contributed by atoms with Crippen LogP contribution in [-0.4, -0.2) is 97.4 Å². The molecule has 1 amide bonds. The molecule has 0 radical (unpaired) electrons. The highest BCUT2D eigenvalue weighted by Gasteiger charge is 2.42. The number of carbonyl (C=O) groups is 1. The lowest BCUT2D eigenvalue weighted by Crippen LogP contribution is -2.42. The smallest absolute Gasteiger partial charge is 0.254 e. The molecule has 1 unspecified atom stereocenters. The van der Waals surface area contributed by atoms with Crippen molar-refractivity contribution in [2.24, 2.45) is 0 Å². The van der Waals surface area contributed by atoms with Gasteiger partial charge in [0, 0.05) is 56.4 Å². The molecule has 2 saturated heterocycles. The second kappa shape index (κ2) is 14.2. The van der Waals surface area contributed by atoms with Crippen molar-refractivity contribution in [3.8, 4) is 5.69 Å². The minimum absolute atomic E-state index is 0.0689. The summed E-state index contributed by atoms with van der Waals surface area (Å²) in [4.78, 5) is 23.6. The molecule has 2 fully saturated rings. The Hall–Kier alpha value is -4.61. The number of aryl methyl sites for hydroxylation is 1. The number of hydrogen-bond donors (Lipinski definition) is 1. The number of likely N-dealkylation sites (tertiary alicyclic amines) is 2. The van der Waals surface area contributed by atoms with Crippen LogP contribution in [0.25, 0.3) is 16.7 Å². The molecule has 2 aromatic heterocycles. The van der Waals surface area contributed by atoms with Gasteiger partial charge in [0.25, 0.3) is 5.91 Å². The van der Waals surface area contributed by atoms with E-state index in [9.17, 15) is 4.79 Å². The van der Waals surface area contributed by atoms with E-state index in [0.717, 1.165) is 86.6 Å². The summed E-state index contributed by atoms with van der Waals surface area (Å²) in [5.41, 5.74) is 5.83. The first-order chi connectivity index (χ1) is 23.5. The lowest BCUT2D eigenvalue weighted by atomic mass is 9.76. The summed E-state index contributed by atoms with van der Waals surface area (Å²) in [6, 6.07) is 25.3. The number of hydrogen-bond acceptors (Lipinski definition) is 8. The minimum atomic E-state index is -0.0845. The van der Waals surface area contributed by atoms with Crippen LogP contribution < -0.4 is 5.32 Å². The quantitative estimate of drug-likeness (QED) is 0.186. The van der Waals surface area contributed by atoms with E-state index in [0.29, 0.717) is 31.4 Å². The first kappa shape index (κ1) is 32.0. The molecule has 1 N–H and O–H groups in total. The third-order valence-corrected chi connectivity index (χ3v) is 10.2. The first-order valence-corrected chi connectivity index (χ1v) is 17.2. The third kappa shape index (κ3) is 6.70. The van der Waals surface area contributed by atoms with Gasteiger partial charge in [0.05, 0.1) is 23.3 Å². The van der Waals surface area contributed by atoms with Gasteiger partial charge in [0.15, 0.2) is 0 Å². The van der Waals surface area contributed by atoms with Crippen LogP contribution in [0.4, 0.5) is 5.95 Å². The van der Waals surface area contributed by atoms with Crippen molar-refractivity contribution in [1.29, 1.82) is 0 Å². The van der Waals surface area contributed by atoms with Crippen LogP contribution in [0.3, 0.4) is 0 Å². The topological polar surface area (TPSA) is 106 Å². The monoisotopic (exact) mass is 647 g/mol. The fourth-order valence-corrected chi connectivity index (χ4v) is 7.42. The van der Waals surface area contributed by atoms with Crippen LogP contribution in [0.15, 0.2) is 79.1 Å². The molecule has 7 rings (SSSR count). The zero-order chi connectivity index (χ0) is 32.9. The van der Waals surface area contributed by atoms with E-state index in [2.05, 4.69) is 78.8 Å². The number of tetrazole rings is 1. The minimum Gasteiger partial charge on any atom is -0.380 e. The molecular weight excluding hydrogens is 602 g/mol. The molecule has 48 heavy (non-hydrogen) atoms. The van der Waals surface area contributed by atoms with Gasteiger partial charge in [-0.15, -0.1) is 5.10 Å². The molecular formula is C37H45N9O2. The summed E-state index contributed by atoms with van der Waals surface area (Å²) < 4.78 is 9.53. The summed E-state index contributed by atoms with van der Waals surface area (Å²) in [5, 5.41) is 15.3. The highest BCUT2D eigenvalue weighted by molar-refractivity contribution is 5.96. The van der Waals surface area contributed by atoms with E-state index in [-0.39, 0.29) is 11.3 Å². The predicted molar refractivity (Wildman–Crippen MR) is 186 cm³/mol. The lowest BCUT2D eigenvalue weighted by Gasteiger charge is -2.36.